The van der Waals surface area contributed by atoms with Crippen LogP contribution in [-0.4, -0.2) is 29.0 Å². The van der Waals surface area contributed by atoms with E-state index >= 15 is 0 Å². The molecular weight excluding hydrogens is 322 g/mol. The third kappa shape index (κ3) is 3.00. The van der Waals surface area contributed by atoms with Gasteiger partial charge in [0, 0.05) is 18.3 Å². The van der Waals surface area contributed by atoms with Gasteiger partial charge in [-0.15, -0.1) is 0 Å². The van der Waals surface area contributed by atoms with Crippen molar-refractivity contribution in [1.82, 2.24) is 9.97 Å². The van der Waals surface area contributed by atoms with Crippen LogP contribution in [0.5, 0.6) is 0 Å². The van der Waals surface area contributed by atoms with E-state index in [0.29, 0.717) is 51.6 Å². The zero-order valence-electron chi connectivity index (χ0n) is 14.5. The highest BCUT2D eigenvalue weighted by Crippen LogP contribution is 2.23. The number of aromatic nitrogens is 2. The highest BCUT2D eigenvalue weighted by molar-refractivity contribution is 6.07. The lowest BCUT2D eigenvalue weighted by Crippen LogP contribution is -2.14. The van der Waals surface area contributed by atoms with Crippen LogP contribution in [0.3, 0.4) is 0 Å². The summed E-state index contributed by atoms with van der Waals surface area (Å²) < 4.78 is 10.2. The second-order valence-corrected chi connectivity index (χ2v) is 5.69. The van der Waals surface area contributed by atoms with Gasteiger partial charge in [0.15, 0.2) is 11.5 Å². The number of benzene rings is 1. The summed E-state index contributed by atoms with van der Waals surface area (Å²) in [7, 11) is 1.32. The number of ether oxygens (including phenoxy) is 1. The Balaban J connectivity index is 1.92. The number of methoxy groups -OCH3 is 1. The molecule has 0 bridgehead atoms. The van der Waals surface area contributed by atoms with Crippen molar-refractivity contribution in [1.29, 1.82) is 0 Å². The predicted octanol–water partition coefficient (Wildman–Crippen LogP) is 3.37. The van der Waals surface area contributed by atoms with E-state index in [-0.39, 0.29) is 5.91 Å². The number of nitrogens with one attached hydrogen (secondary N) is 2. The lowest BCUT2D eigenvalue weighted by Gasteiger charge is -2.05. The van der Waals surface area contributed by atoms with Gasteiger partial charge in [0.1, 0.15) is 11.2 Å². The average molecular weight is 341 g/mol. The van der Waals surface area contributed by atoms with Crippen LogP contribution in [0.2, 0.25) is 0 Å². The molecule has 0 spiro atoms. The molecule has 0 saturated carbocycles. The Morgan fingerprint density at radius 2 is 2.08 bits per heavy atom. The van der Waals surface area contributed by atoms with Crippen molar-refractivity contribution in [2.45, 2.75) is 27.2 Å². The summed E-state index contributed by atoms with van der Waals surface area (Å²) in [6, 6.07) is 5.24. The minimum absolute atomic E-state index is 0.332. The maximum atomic E-state index is 12.6. The minimum Gasteiger partial charge on any atom is -0.465 e. The average Bonchev–Trinajstić information content (AvgIpc) is 3.12. The second kappa shape index (κ2) is 6.43. The molecule has 1 amide bonds. The van der Waals surface area contributed by atoms with E-state index in [4.69, 9.17) is 9.15 Å². The number of esters is 1. The van der Waals surface area contributed by atoms with E-state index in [1.165, 1.54) is 7.11 Å². The zero-order chi connectivity index (χ0) is 18.1. The second-order valence-electron chi connectivity index (χ2n) is 5.69. The van der Waals surface area contributed by atoms with E-state index in [1.807, 2.05) is 6.92 Å². The number of amides is 1. The van der Waals surface area contributed by atoms with Crippen LogP contribution >= 0.6 is 0 Å². The fourth-order valence-electron chi connectivity index (χ4n) is 2.84. The number of carbonyl (C=O) groups excluding carboxylic acids is 2. The number of aryl methyl sites for hydroxylation is 2. The van der Waals surface area contributed by atoms with Crippen LogP contribution in [0, 0.1) is 13.8 Å². The molecule has 0 aliphatic heterocycles. The zero-order valence-corrected chi connectivity index (χ0v) is 14.5. The Labute approximate surface area is 144 Å². The molecule has 2 N–H and O–H groups in total. The molecule has 0 aliphatic rings. The quantitative estimate of drug-likeness (QED) is 0.709. The van der Waals surface area contributed by atoms with Gasteiger partial charge in [-0.25, -0.2) is 9.78 Å². The third-order valence-corrected chi connectivity index (χ3v) is 4.05. The molecular formula is C18H19N3O4. The van der Waals surface area contributed by atoms with Crippen LogP contribution in [-0.2, 0) is 11.2 Å². The van der Waals surface area contributed by atoms with Crippen molar-refractivity contribution in [2.24, 2.45) is 0 Å². The molecule has 25 heavy (non-hydrogen) atoms. The SMILES string of the molecule is CCc1[nH]c(C(=O)Nc2ccc3oc(C)nc3c2)c(C)c1C(=O)OC. The van der Waals surface area contributed by atoms with Gasteiger partial charge < -0.3 is 19.5 Å². The monoisotopic (exact) mass is 341 g/mol. The fraction of sp³-hybridized carbons (Fsp3) is 0.278. The number of hydrogen-bond donors (Lipinski definition) is 2. The van der Waals surface area contributed by atoms with E-state index in [1.54, 1.807) is 32.0 Å². The molecule has 0 fully saturated rings. The topological polar surface area (TPSA) is 97.2 Å². The molecule has 0 unspecified atom stereocenters. The van der Waals surface area contributed by atoms with Crippen LogP contribution in [0.25, 0.3) is 11.1 Å². The van der Waals surface area contributed by atoms with Crippen molar-refractivity contribution in [2.75, 3.05) is 12.4 Å². The van der Waals surface area contributed by atoms with Gasteiger partial charge in [-0.3, -0.25) is 4.79 Å². The first-order valence-corrected chi connectivity index (χ1v) is 7.92. The molecule has 3 rings (SSSR count). The molecule has 130 valence electrons. The number of nitrogens with zero attached hydrogens (tertiary/aromatic N) is 1. The molecule has 2 heterocycles. The van der Waals surface area contributed by atoms with Crippen molar-refractivity contribution in [3.8, 4) is 0 Å². The van der Waals surface area contributed by atoms with Gasteiger partial charge in [0.2, 0.25) is 0 Å². The fourth-order valence-corrected chi connectivity index (χ4v) is 2.84. The van der Waals surface area contributed by atoms with Gasteiger partial charge in [0.25, 0.3) is 5.91 Å². The van der Waals surface area contributed by atoms with Crippen LogP contribution in [0.15, 0.2) is 22.6 Å². The number of carbonyl (C=O) groups is 2. The Morgan fingerprint density at radius 1 is 1.32 bits per heavy atom. The summed E-state index contributed by atoms with van der Waals surface area (Å²) >= 11 is 0. The standard InChI is InChI=1S/C18H19N3O4/c1-5-12-15(18(23)24-4)9(2)16(21-12)17(22)20-11-6-7-14-13(8-11)19-10(3)25-14/h6-8,21H,5H2,1-4H3,(H,20,22). The molecule has 0 radical (unpaired) electrons. The molecule has 3 aromatic rings. The molecule has 2 aromatic heterocycles. The van der Waals surface area contributed by atoms with Crippen molar-refractivity contribution >= 4 is 28.7 Å². The lowest BCUT2D eigenvalue weighted by atomic mass is 10.1. The maximum absolute atomic E-state index is 12.6. The van der Waals surface area contributed by atoms with Gasteiger partial charge in [-0.2, -0.15) is 0 Å². The molecule has 1 aromatic carbocycles. The van der Waals surface area contributed by atoms with E-state index < -0.39 is 5.97 Å². The summed E-state index contributed by atoms with van der Waals surface area (Å²) in [6.07, 6.45) is 0.586. The third-order valence-electron chi connectivity index (χ3n) is 4.05. The number of aromatic amines is 1. The summed E-state index contributed by atoms with van der Waals surface area (Å²) in [4.78, 5) is 31.9. The first kappa shape index (κ1) is 16.8. The number of hydrogen-bond acceptors (Lipinski definition) is 5. The summed E-state index contributed by atoms with van der Waals surface area (Å²) in [5.41, 5.74) is 3.93. The first-order chi connectivity index (χ1) is 11.9. The Kier molecular flexibility index (Phi) is 4.31. The Hall–Kier alpha value is -3.09. The van der Waals surface area contributed by atoms with Gasteiger partial charge in [-0.1, -0.05) is 6.92 Å². The number of fused-ring (bicyclic) bond motifs is 1. The van der Waals surface area contributed by atoms with Crippen LogP contribution < -0.4 is 5.32 Å². The summed E-state index contributed by atoms with van der Waals surface area (Å²) in [5, 5.41) is 2.82. The van der Waals surface area contributed by atoms with E-state index in [2.05, 4.69) is 15.3 Å². The van der Waals surface area contributed by atoms with Gasteiger partial charge >= 0.3 is 5.97 Å². The highest BCUT2D eigenvalue weighted by Gasteiger charge is 2.23. The first-order valence-electron chi connectivity index (χ1n) is 7.92. The van der Waals surface area contributed by atoms with E-state index in [0.717, 1.165) is 0 Å². The van der Waals surface area contributed by atoms with Crippen molar-refractivity contribution < 1.29 is 18.7 Å². The molecule has 0 aliphatic carbocycles. The predicted molar refractivity (Wildman–Crippen MR) is 92.9 cm³/mol. The number of H-pyrrole nitrogens is 1. The van der Waals surface area contributed by atoms with E-state index in [9.17, 15) is 9.59 Å². The van der Waals surface area contributed by atoms with Crippen molar-refractivity contribution in [3.63, 3.8) is 0 Å². The van der Waals surface area contributed by atoms with Crippen LogP contribution in [0.4, 0.5) is 5.69 Å². The number of rotatable bonds is 4. The number of anilines is 1. The van der Waals surface area contributed by atoms with Gasteiger partial charge in [0.05, 0.1) is 12.7 Å². The lowest BCUT2D eigenvalue weighted by molar-refractivity contribution is 0.0599. The smallest absolute Gasteiger partial charge is 0.339 e. The number of oxazole rings is 1. The molecule has 0 atom stereocenters. The summed E-state index contributed by atoms with van der Waals surface area (Å²) in [6.45, 7) is 5.39. The maximum Gasteiger partial charge on any atom is 0.339 e. The molecule has 7 nitrogen and oxygen atoms in total. The largest absolute Gasteiger partial charge is 0.465 e. The van der Waals surface area contributed by atoms with Gasteiger partial charge in [-0.05, 0) is 37.1 Å². The summed E-state index contributed by atoms with van der Waals surface area (Å²) in [5.74, 6) is -0.222. The normalized spacial score (nSPS) is 10.9. The Morgan fingerprint density at radius 3 is 2.76 bits per heavy atom. The molecule has 0 saturated heterocycles. The minimum atomic E-state index is -0.454. The van der Waals surface area contributed by atoms with Crippen LogP contribution in [0.1, 0.15) is 44.9 Å². The van der Waals surface area contributed by atoms with Crippen molar-refractivity contribution in [3.05, 3.63) is 46.6 Å². The highest BCUT2D eigenvalue weighted by atomic mass is 16.5. The molecule has 7 heteroatoms. The Bertz CT molecular complexity index is 968.